The standard InChI is InChI=1S/C20H21N3O/c1-14-7-10-19-21-17(11-20(24)23(19)12-14)13-22-15(2)8-9-16-5-3-4-6-18(16)22/h3-7,10-12,15H,8-9,13H2,1-2H3. The molecule has 0 spiro atoms. The second kappa shape index (κ2) is 5.78. The fourth-order valence-electron chi connectivity index (χ4n) is 3.51. The highest BCUT2D eigenvalue weighted by molar-refractivity contribution is 5.56. The highest BCUT2D eigenvalue weighted by Crippen LogP contribution is 2.31. The maximum Gasteiger partial charge on any atom is 0.258 e. The van der Waals surface area contributed by atoms with Crippen LogP contribution >= 0.6 is 0 Å². The van der Waals surface area contributed by atoms with Crippen molar-refractivity contribution in [2.45, 2.75) is 39.3 Å². The van der Waals surface area contributed by atoms with Gasteiger partial charge in [0.05, 0.1) is 12.2 Å². The Kier molecular flexibility index (Phi) is 3.60. The fourth-order valence-corrected chi connectivity index (χ4v) is 3.51. The van der Waals surface area contributed by atoms with Gasteiger partial charge in [0.15, 0.2) is 0 Å². The van der Waals surface area contributed by atoms with Gasteiger partial charge >= 0.3 is 0 Å². The van der Waals surface area contributed by atoms with Gasteiger partial charge < -0.3 is 4.90 Å². The smallest absolute Gasteiger partial charge is 0.258 e. The lowest BCUT2D eigenvalue weighted by atomic mass is 9.96. The average molecular weight is 319 g/mol. The molecule has 0 aliphatic carbocycles. The van der Waals surface area contributed by atoms with Crippen molar-refractivity contribution in [3.63, 3.8) is 0 Å². The van der Waals surface area contributed by atoms with Gasteiger partial charge in [0.25, 0.3) is 5.56 Å². The van der Waals surface area contributed by atoms with Crippen molar-refractivity contribution in [2.75, 3.05) is 4.90 Å². The molecule has 0 radical (unpaired) electrons. The third-order valence-corrected chi connectivity index (χ3v) is 4.86. The first kappa shape index (κ1) is 14.9. The van der Waals surface area contributed by atoms with E-state index < -0.39 is 0 Å². The number of hydrogen-bond donors (Lipinski definition) is 0. The lowest BCUT2D eigenvalue weighted by Gasteiger charge is -2.36. The zero-order chi connectivity index (χ0) is 16.7. The van der Waals surface area contributed by atoms with Crippen molar-refractivity contribution in [3.8, 4) is 0 Å². The highest BCUT2D eigenvalue weighted by atomic mass is 16.1. The SMILES string of the molecule is Cc1ccc2nc(CN3c4ccccc4CCC3C)cc(=O)n2c1. The lowest BCUT2D eigenvalue weighted by molar-refractivity contribution is 0.556. The summed E-state index contributed by atoms with van der Waals surface area (Å²) in [6, 6.07) is 14.5. The molecule has 1 aliphatic heterocycles. The molecule has 3 aromatic rings. The number of hydrogen-bond acceptors (Lipinski definition) is 3. The summed E-state index contributed by atoms with van der Waals surface area (Å²) in [5, 5.41) is 0. The largest absolute Gasteiger partial charge is 0.363 e. The van der Waals surface area contributed by atoms with Crippen LogP contribution in [0.4, 0.5) is 5.69 Å². The van der Waals surface area contributed by atoms with E-state index in [0.717, 1.165) is 24.1 Å². The van der Waals surface area contributed by atoms with E-state index in [1.165, 1.54) is 11.3 Å². The zero-order valence-electron chi connectivity index (χ0n) is 14.1. The summed E-state index contributed by atoms with van der Waals surface area (Å²) in [5.74, 6) is 0. The van der Waals surface area contributed by atoms with Crippen molar-refractivity contribution >= 4 is 11.3 Å². The molecule has 0 saturated heterocycles. The molecule has 0 amide bonds. The second-order valence-corrected chi connectivity index (χ2v) is 6.66. The average Bonchev–Trinajstić information content (AvgIpc) is 2.58. The fraction of sp³-hybridized carbons (Fsp3) is 0.300. The predicted molar refractivity (Wildman–Crippen MR) is 96.6 cm³/mol. The first-order valence-electron chi connectivity index (χ1n) is 8.45. The first-order valence-corrected chi connectivity index (χ1v) is 8.45. The highest BCUT2D eigenvalue weighted by Gasteiger charge is 2.23. The van der Waals surface area contributed by atoms with Gasteiger partial charge in [-0.2, -0.15) is 0 Å². The van der Waals surface area contributed by atoms with Crippen molar-refractivity contribution in [2.24, 2.45) is 0 Å². The van der Waals surface area contributed by atoms with Gasteiger partial charge in [-0.25, -0.2) is 4.98 Å². The van der Waals surface area contributed by atoms with Gasteiger partial charge in [0.2, 0.25) is 0 Å². The number of benzene rings is 1. The Balaban J connectivity index is 1.74. The molecule has 4 nitrogen and oxygen atoms in total. The van der Waals surface area contributed by atoms with E-state index in [1.54, 1.807) is 10.5 Å². The molecule has 3 heterocycles. The van der Waals surface area contributed by atoms with Gasteiger partial charge in [-0.3, -0.25) is 9.20 Å². The number of anilines is 1. The number of para-hydroxylation sites is 1. The number of nitrogens with zero attached hydrogens (tertiary/aromatic N) is 3. The Bertz CT molecular complexity index is 961. The Morgan fingerprint density at radius 1 is 1.21 bits per heavy atom. The zero-order valence-corrected chi connectivity index (χ0v) is 14.1. The molecule has 4 heteroatoms. The van der Waals surface area contributed by atoms with Crippen LogP contribution in [-0.2, 0) is 13.0 Å². The van der Waals surface area contributed by atoms with Crippen LogP contribution in [-0.4, -0.2) is 15.4 Å². The first-order chi connectivity index (χ1) is 11.6. The van der Waals surface area contributed by atoms with E-state index in [4.69, 9.17) is 4.98 Å². The van der Waals surface area contributed by atoms with Crippen LogP contribution in [0, 0.1) is 6.92 Å². The molecule has 4 rings (SSSR count). The Hall–Kier alpha value is -2.62. The van der Waals surface area contributed by atoms with Crippen molar-refractivity contribution in [1.29, 1.82) is 0 Å². The molecule has 24 heavy (non-hydrogen) atoms. The minimum Gasteiger partial charge on any atom is -0.363 e. The quantitative estimate of drug-likeness (QED) is 0.727. The number of pyridine rings is 1. The van der Waals surface area contributed by atoms with Gasteiger partial charge in [0.1, 0.15) is 5.65 Å². The van der Waals surface area contributed by atoms with Crippen LogP contribution in [0.25, 0.3) is 5.65 Å². The van der Waals surface area contributed by atoms with Gasteiger partial charge in [-0.15, -0.1) is 0 Å². The van der Waals surface area contributed by atoms with Crippen LogP contribution in [0.2, 0.25) is 0 Å². The Labute approximate surface area is 141 Å². The van der Waals surface area contributed by atoms with Crippen LogP contribution in [0.15, 0.2) is 53.5 Å². The molecule has 2 aromatic heterocycles. The summed E-state index contributed by atoms with van der Waals surface area (Å²) >= 11 is 0. The molecular formula is C20H21N3O. The van der Waals surface area contributed by atoms with E-state index in [0.29, 0.717) is 18.2 Å². The number of fused-ring (bicyclic) bond motifs is 2. The van der Waals surface area contributed by atoms with Crippen LogP contribution < -0.4 is 10.5 Å². The summed E-state index contributed by atoms with van der Waals surface area (Å²) in [7, 11) is 0. The van der Waals surface area contributed by atoms with E-state index in [-0.39, 0.29) is 5.56 Å². The van der Waals surface area contributed by atoms with E-state index >= 15 is 0 Å². The number of rotatable bonds is 2. The van der Waals surface area contributed by atoms with Crippen LogP contribution in [0.1, 0.15) is 30.2 Å². The molecule has 1 unspecified atom stereocenters. The Morgan fingerprint density at radius 2 is 2.04 bits per heavy atom. The van der Waals surface area contributed by atoms with Crippen molar-refractivity contribution in [1.82, 2.24) is 9.38 Å². The molecule has 0 saturated carbocycles. The lowest BCUT2D eigenvalue weighted by Crippen LogP contribution is -2.37. The van der Waals surface area contributed by atoms with Crippen molar-refractivity contribution in [3.05, 3.63) is 75.8 Å². The monoisotopic (exact) mass is 319 g/mol. The molecule has 122 valence electrons. The number of aryl methyl sites for hydroxylation is 2. The summed E-state index contributed by atoms with van der Waals surface area (Å²) in [6.45, 7) is 4.89. The van der Waals surface area contributed by atoms with E-state index in [1.807, 2.05) is 25.3 Å². The normalized spacial score (nSPS) is 17.1. The third-order valence-electron chi connectivity index (χ3n) is 4.86. The van der Waals surface area contributed by atoms with Crippen molar-refractivity contribution < 1.29 is 0 Å². The summed E-state index contributed by atoms with van der Waals surface area (Å²) < 4.78 is 1.62. The molecule has 0 N–H and O–H groups in total. The van der Waals surface area contributed by atoms with Gasteiger partial charge in [0, 0.05) is 24.0 Å². The van der Waals surface area contributed by atoms with Gasteiger partial charge in [-0.05, 0) is 49.9 Å². The van der Waals surface area contributed by atoms with E-state index in [2.05, 4.69) is 36.1 Å². The second-order valence-electron chi connectivity index (χ2n) is 6.66. The minimum atomic E-state index is -0.0170. The molecule has 0 bridgehead atoms. The predicted octanol–water partition coefficient (Wildman–Crippen LogP) is 3.34. The topological polar surface area (TPSA) is 37.6 Å². The summed E-state index contributed by atoms with van der Waals surface area (Å²) in [6.07, 6.45) is 4.08. The molecule has 0 fully saturated rings. The number of aromatic nitrogens is 2. The Morgan fingerprint density at radius 3 is 2.92 bits per heavy atom. The van der Waals surface area contributed by atoms with Gasteiger partial charge in [-0.1, -0.05) is 24.3 Å². The van der Waals surface area contributed by atoms with Crippen LogP contribution in [0.3, 0.4) is 0 Å². The molecular weight excluding hydrogens is 298 g/mol. The molecule has 1 atom stereocenters. The summed E-state index contributed by atoms with van der Waals surface area (Å²) in [5.41, 5.74) is 5.22. The molecule has 1 aliphatic rings. The van der Waals surface area contributed by atoms with E-state index in [9.17, 15) is 4.79 Å². The minimum absolute atomic E-state index is 0.0170. The maximum absolute atomic E-state index is 12.4. The molecule has 1 aromatic carbocycles. The van der Waals surface area contributed by atoms with Crippen LogP contribution in [0.5, 0.6) is 0 Å². The summed E-state index contributed by atoms with van der Waals surface area (Å²) in [4.78, 5) is 19.5. The maximum atomic E-state index is 12.4. The third kappa shape index (κ3) is 2.58.